The van der Waals surface area contributed by atoms with Gasteiger partial charge in [0.25, 0.3) is 5.91 Å². The van der Waals surface area contributed by atoms with Crippen molar-refractivity contribution in [3.05, 3.63) is 92.9 Å². The van der Waals surface area contributed by atoms with E-state index in [0.29, 0.717) is 0 Å². The van der Waals surface area contributed by atoms with Gasteiger partial charge in [-0.15, -0.1) is 11.3 Å². The number of hydrogen-bond acceptors (Lipinski definition) is 4. The lowest BCUT2D eigenvalue weighted by Crippen LogP contribution is -2.33. The zero-order valence-electron chi connectivity index (χ0n) is 16.3. The van der Waals surface area contributed by atoms with Gasteiger partial charge in [0.2, 0.25) is 0 Å². The molecule has 0 aliphatic carbocycles. The SMILES string of the molecule is Cc1ccc(CC(=O)OCC(=O)N[C@H](c2ccc(F)cc2)c2cccs2)cc1C. The van der Waals surface area contributed by atoms with Gasteiger partial charge in [-0.2, -0.15) is 0 Å². The Bertz CT molecular complexity index is 984. The van der Waals surface area contributed by atoms with E-state index in [1.54, 1.807) is 12.1 Å². The molecule has 4 nitrogen and oxygen atoms in total. The Hall–Kier alpha value is -2.99. The molecule has 1 heterocycles. The molecule has 3 rings (SSSR count). The Labute approximate surface area is 173 Å². The van der Waals surface area contributed by atoms with Crippen LogP contribution in [-0.2, 0) is 20.7 Å². The molecule has 0 aliphatic rings. The fourth-order valence-corrected chi connectivity index (χ4v) is 3.71. The lowest BCUT2D eigenvalue weighted by Gasteiger charge is -2.18. The normalized spacial score (nSPS) is 11.7. The van der Waals surface area contributed by atoms with Crippen LogP contribution in [0.1, 0.15) is 33.2 Å². The van der Waals surface area contributed by atoms with Crippen molar-refractivity contribution in [2.24, 2.45) is 0 Å². The van der Waals surface area contributed by atoms with Crippen molar-refractivity contribution in [2.45, 2.75) is 26.3 Å². The fraction of sp³-hybridized carbons (Fsp3) is 0.217. The Kier molecular flexibility index (Phi) is 6.77. The molecular weight excluding hydrogens is 389 g/mol. The molecule has 1 atom stereocenters. The standard InChI is InChI=1S/C23H22FNO3S/c1-15-5-6-17(12-16(15)2)13-22(27)28-14-21(26)25-23(20-4-3-11-29-20)18-7-9-19(24)10-8-18/h3-12,23H,13-14H2,1-2H3,(H,25,26)/t23-/m1/s1. The molecule has 0 saturated heterocycles. The number of benzene rings is 2. The molecule has 6 heteroatoms. The molecule has 3 aromatic rings. The summed E-state index contributed by atoms with van der Waals surface area (Å²) in [6.45, 7) is 3.62. The van der Waals surface area contributed by atoms with Crippen LogP contribution in [0.25, 0.3) is 0 Å². The van der Waals surface area contributed by atoms with Crippen LogP contribution in [0.4, 0.5) is 4.39 Å². The van der Waals surface area contributed by atoms with Gasteiger partial charge in [-0.1, -0.05) is 36.4 Å². The number of hydrogen-bond donors (Lipinski definition) is 1. The number of halogens is 1. The minimum atomic E-state index is -0.460. The average molecular weight is 411 g/mol. The van der Waals surface area contributed by atoms with Crippen molar-refractivity contribution in [3.63, 3.8) is 0 Å². The van der Waals surface area contributed by atoms with Crippen LogP contribution in [0, 0.1) is 19.7 Å². The van der Waals surface area contributed by atoms with Crippen LogP contribution >= 0.6 is 11.3 Å². The molecule has 0 unspecified atom stereocenters. The first-order chi connectivity index (χ1) is 13.9. The summed E-state index contributed by atoms with van der Waals surface area (Å²) in [4.78, 5) is 25.4. The predicted octanol–water partition coefficient (Wildman–Crippen LogP) is 4.50. The molecule has 150 valence electrons. The smallest absolute Gasteiger partial charge is 0.310 e. The second-order valence-electron chi connectivity index (χ2n) is 6.82. The van der Waals surface area contributed by atoms with Gasteiger partial charge in [-0.3, -0.25) is 9.59 Å². The maximum atomic E-state index is 13.2. The molecule has 1 N–H and O–H groups in total. The first-order valence-electron chi connectivity index (χ1n) is 9.22. The highest BCUT2D eigenvalue weighted by molar-refractivity contribution is 7.10. The van der Waals surface area contributed by atoms with Gasteiger partial charge in [-0.05, 0) is 59.7 Å². The third-order valence-corrected chi connectivity index (χ3v) is 5.56. The van der Waals surface area contributed by atoms with E-state index in [1.807, 2.05) is 49.6 Å². The molecule has 0 aliphatic heterocycles. The number of amides is 1. The minimum Gasteiger partial charge on any atom is -0.455 e. The Morgan fingerprint density at radius 3 is 2.48 bits per heavy atom. The molecule has 29 heavy (non-hydrogen) atoms. The van der Waals surface area contributed by atoms with Crippen molar-refractivity contribution in [1.29, 1.82) is 0 Å². The molecular formula is C23H22FNO3S. The minimum absolute atomic E-state index is 0.112. The summed E-state index contributed by atoms with van der Waals surface area (Å²) < 4.78 is 18.4. The van der Waals surface area contributed by atoms with Gasteiger partial charge < -0.3 is 10.1 Å². The van der Waals surface area contributed by atoms with Crippen LogP contribution in [0.3, 0.4) is 0 Å². The first-order valence-corrected chi connectivity index (χ1v) is 10.1. The maximum Gasteiger partial charge on any atom is 0.310 e. The lowest BCUT2D eigenvalue weighted by atomic mass is 10.0. The number of nitrogens with one attached hydrogen (secondary N) is 1. The summed E-state index contributed by atoms with van der Waals surface area (Å²) in [5.74, 6) is -1.22. The number of carbonyl (C=O) groups excluding carboxylic acids is 2. The van der Waals surface area contributed by atoms with Crippen molar-refractivity contribution in [1.82, 2.24) is 5.32 Å². The summed E-state index contributed by atoms with van der Waals surface area (Å²) in [6, 6.07) is 15.1. The third kappa shape index (κ3) is 5.74. The van der Waals surface area contributed by atoms with Gasteiger partial charge in [0.15, 0.2) is 6.61 Å². The van der Waals surface area contributed by atoms with Gasteiger partial charge >= 0.3 is 5.97 Å². The second kappa shape index (κ2) is 9.47. The van der Waals surface area contributed by atoms with Crippen molar-refractivity contribution >= 4 is 23.2 Å². The summed E-state index contributed by atoms with van der Waals surface area (Å²) in [7, 11) is 0. The largest absolute Gasteiger partial charge is 0.455 e. The summed E-state index contributed by atoms with van der Waals surface area (Å²) in [6.07, 6.45) is 0.112. The van der Waals surface area contributed by atoms with Gasteiger partial charge in [0, 0.05) is 4.88 Å². The monoisotopic (exact) mass is 411 g/mol. The van der Waals surface area contributed by atoms with Gasteiger partial charge in [0.1, 0.15) is 5.82 Å². The Balaban J connectivity index is 1.59. The quantitative estimate of drug-likeness (QED) is 0.583. The van der Waals surface area contributed by atoms with E-state index in [2.05, 4.69) is 5.32 Å². The zero-order valence-corrected chi connectivity index (χ0v) is 17.1. The molecule has 0 bridgehead atoms. The summed E-state index contributed by atoms with van der Waals surface area (Å²) >= 11 is 1.48. The predicted molar refractivity (Wildman–Crippen MR) is 111 cm³/mol. The van der Waals surface area contributed by atoms with Crippen molar-refractivity contribution in [3.8, 4) is 0 Å². The highest BCUT2D eigenvalue weighted by Gasteiger charge is 2.19. The Morgan fingerprint density at radius 1 is 1.07 bits per heavy atom. The van der Waals surface area contributed by atoms with E-state index in [0.717, 1.165) is 27.1 Å². The summed E-state index contributed by atoms with van der Waals surface area (Å²) in [5, 5.41) is 4.77. The van der Waals surface area contributed by atoms with Gasteiger partial charge in [-0.25, -0.2) is 4.39 Å². The molecule has 0 spiro atoms. The second-order valence-corrected chi connectivity index (χ2v) is 7.80. The number of carbonyl (C=O) groups is 2. The average Bonchev–Trinajstić information content (AvgIpc) is 3.23. The number of rotatable bonds is 7. The van der Waals surface area contributed by atoms with E-state index in [1.165, 1.54) is 23.5 Å². The Morgan fingerprint density at radius 2 is 1.83 bits per heavy atom. The van der Waals surface area contributed by atoms with Gasteiger partial charge in [0.05, 0.1) is 12.5 Å². The van der Waals surface area contributed by atoms with E-state index in [9.17, 15) is 14.0 Å². The van der Waals surface area contributed by atoms with E-state index in [4.69, 9.17) is 4.74 Å². The molecule has 0 saturated carbocycles. The number of ether oxygens (including phenoxy) is 1. The molecule has 0 radical (unpaired) electrons. The third-order valence-electron chi connectivity index (χ3n) is 4.62. The van der Waals surface area contributed by atoms with Crippen LogP contribution in [0.15, 0.2) is 60.0 Å². The molecule has 1 amide bonds. The molecule has 2 aromatic carbocycles. The highest BCUT2D eigenvalue weighted by Crippen LogP contribution is 2.26. The molecule has 1 aromatic heterocycles. The van der Waals surface area contributed by atoms with Crippen molar-refractivity contribution in [2.75, 3.05) is 6.61 Å². The maximum absolute atomic E-state index is 13.2. The van der Waals surface area contributed by atoms with E-state index >= 15 is 0 Å². The van der Waals surface area contributed by atoms with Crippen LogP contribution in [0.5, 0.6) is 0 Å². The first kappa shape index (κ1) is 20.7. The number of aryl methyl sites for hydroxylation is 2. The van der Waals surface area contributed by atoms with E-state index in [-0.39, 0.29) is 18.8 Å². The van der Waals surface area contributed by atoms with Crippen LogP contribution in [-0.4, -0.2) is 18.5 Å². The van der Waals surface area contributed by atoms with Crippen LogP contribution in [0.2, 0.25) is 0 Å². The number of esters is 1. The topological polar surface area (TPSA) is 55.4 Å². The van der Waals surface area contributed by atoms with E-state index < -0.39 is 17.9 Å². The fourth-order valence-electron chi connectivity index (χ4n) is 2.91. The molecule has 0 fully saturated rings. The zero-order chi connectivity index (χ0) is 20.8. The summed E-state index contributed by atoms with van der Waals surface area (Å²) in [5.41, 5.74) is 3.86. The van der Waals surface area contributed by atoms with Crippen molar-refractivity contribution < 1.29 is 18.7 Å². The highest BCUT2D eigenvalue weighted by atomic mass is 32.1. The van der Waals surface area contributed by atoms with Crippen LogP contribution < -0.4 is 5.32 Å². The lowest BCUT2D eigenvalue weighted by molar-refractivity contribution is -0.148. The number of thiophene rings is 1.